The van der Waals surface area contributed by atoms with Gasteiger partial charge in [0.15, 0.2) is 6.10 Å². The second-order valence-corrected chi connectivity index (χ2v) is 18.6. The molecule has 19 heteroatoms. The van der Waals surface area contributed by atoms with Gasteiger partial charge in [0.1, 0.15) is 43.2 Å². The number of esters is 2. The van der Waals surface area contributed by atoms with E-state index in [0.717, 1.165) is 51.4 Å². The third-order valence-corrected chi connectivity index (χ3v) is 11.5. The van der Waals surface area contributed by atoms with Crippen LogP contribution >= 0.6 is 15.6 Å². The summed E-state index contributed by atoms with van der Waals surface area (Å²) in [4.78, 5) is 54.2. The molecule has 0 amide bonds. The van der Waals surface area contributed by atoms with E-state index in [1.807, 2.05) is 54.7 Å². The van der Waals surface area contributed by atoms with E-state index in [0.29, 0.717) is 38.5 Å². The summed E-state index contributed by atoms with van der Waals surface area (Å²) in [5, 5.41) is 51.1. The smallest absolute Gasteiger partial charge is 0.462 e. The van der Waals surface area contributed by atoms with Gasteiger partial charge in [-0.3, -0.25) is 23.2 Å². The van der Waals surface area contributed by atoms with E-state index in [4.69, 9.17) is 28.3 Å². The second kappa shape index (κ2) is 37.1. The molecule has 0 saturated heterocycles. The van der Waals surface area contributed by atoms with Gasteiger partial charge >= 0.3 is 27.6 Å². The number of unbranched alkanes of at least 4 members (excludes halogenated alkanes) is 8. The lowest BCUT2D eigenvalue weighted by Gasteiger charge is -2.43. The van der Waals surface area contributed by atoms with Gasteiger partial charge in [0.05, 0.1) is 12.7 Å². The summed E-state index contributed by atoms with van der Waals surface area (Å²) in [5.74, 6) is -1.35. The van der Waals surface area contributed by atoms with E-state index in [1.165, 1.54) is 19.3 Å². The second-order valence-electron chi connectivity index (χ2n) is 16.0. The molecule has 1 aliphatic rings. The normalized spacial score (nSPS) is 22.8. The Morgan fingerprint density at radius 1 is 0.561 bits per heavy atom. The zero-order valence-corrected chi connectivity index (χ0v) is 40.5. The first kappa shape index (κ1) is 61.2. The van der Waals surface area contributed by atoms with Crippen molar-refractivity contribution in [2.24, 2.45) is 0 Å². The maximum atomic E-state index is 13.0. The molecule has 0 aliphatic heterocycles. The first-order valence-electron chi connectivity index (χ1n) is 23.2. The summed E-state index contributed by atoms with van der Waals surface area (Å²) in [5.41, 5.74) is 0. The molecule has 0 spiro atoms. The van der Waals surface area contributed by atoms with Crippen molar-refractivity contribution in [2.75, 3.05) is 13.2 Å². The number of carbonyl (C=O) groups is 2. The molecule has 1 rings (SSSR count). The lowest BCUT2D eigenvalue weighted by molar-refractivity contribution is -0.216. The van der Waals surface area contributed by atoms with Gasteiger partial charge in [0.25, 0.3) is 0 Å². The summed E-state index contributed by atoms with van der Waals surface area (Å²) in [7, 11) is -10.7. The van der Waals surface area contributed by atoms with Crippen LogP contribution in [-0.2, 0) is 41.8 Å². The fourth-order valence-electron chi connectivity index (χ4n) is 6.37. The van der Waals surface area contributed by atoms with Crippen molar-refractivity contribution in [3.63, 3.8) is 0 Å². The highest BCUT2D eigenvalue weighted by atomic mass is 31.2. The molecular formula is C47H78O17P2. The van der Waals surface area contributed by atoms with Crippen molar-refractivity contribution in [2.45, 2.75) is 185 Å². The Kier molecular flexibility index (Phi) is 34.4. The predicted molar refractivity (Wildman–Crippen MR) is 251 cm³/mol. The van der Waals surface area contributed by atoms with Gasteiger partial charge < -0.3 is 49.7 Å². The summed E-state index contributed by atoms with van der Waals surface area (Å²) >= 11 is 0. The number of phosphoric acid groups is 2. The number of rotatable bonds is 37. The van der Waals surface area contributed by atoms with Crippen LogP contribution in [0.25, 0.3) is 0 Å². The van der Waals surface area contributed by atoms with E-state index in [2.05, 4.69) is 42.7 Å². The van der Waals surface area contributed by atoms with Crippen LogP contribution in [0.15, 0.2) is 85.1 Å². The lowest BCUT2D eigenvalue weighted by atomic mass is 9.85. The highest BCUT2D eigenvalue weighted by Gasteiger charge is 2.54. The summed E-state index contributed by atoms with van der Waals surface area (Å²) in [6.45, 7) is 2.85. The van der Waals surface area contributed by atoms with Crippen molar-refractivity contribution in [3.05, 3.63) is 85.1 Å². The molecule has 8 N–H and O–H groups in total. The predicted octanol–water partition coefficient (Wildman–Crippen LogP) is 7.58. The van der Waals surface area contributed by atoms with Crippen molar-refractivity contribution >= 4 is 27.6 Å². The fraction of sp³-hybridized carbons (Fsp3) is 0.660. The van der Waals surface area contributed by atoms with E-state index < -0.39 is 89.6 Å². The number of aliphatic hydroxyl groups excluding tert-OH is 5. The van der Waals surface area contributed by atoms with Crippen LogP contribution in [0.1, 0.15) is 136 Å². The molecule has 5 unspecified atom stereocenters. The van der Waals surface area contributed by atoms with Gasteiger partial charge in [0.2, 0.25) is 0 Å². The SMILES string of the molecule is CCCCC/C=C\C/C=C\C/C=C\CCCCC(=O)O[C@H](COC(=O)CCC/C=C\C/C=C\C/C=C\C=C\[C@H](O)CCCCC)COP(=O)(O)O[C@H]1C(O)C(O)C(O)[C@@H](OP(=O)(O)O)C1O. The Morgan fingerprint density at radius 3 is 1.64 bits per heavy atom. The molecule has 9 atom stereocenters. The third-order valence-electron chi connectivity index (χ3n) is 10.0. The number of aliphatic hydroxyl groups is 5. The zero-order chi connectivity index (χ0) is 49.1. The lowest BCUT2D eigenvalue weighted by Crippen LogP contribution is -2.64. The van der Waals surface area contributed by atoms with Gasteiger partial charge in [-0.25, -0.2) is 9.13 Å². The highest BCUT2D eigenvalue weighted by molar-refractivity contribution is 7.47. The molecule has 1 saturated carbocycles. The molecule has 1 aliphatic carbocycles. The average molecular weight is 977 g/mol. The van der Waals surface area contributed by atoms with Gasteiger partial charge in [-0.1, -0.05) is 131 Å². The topological polar surface area (TPSA) is 276 Å². The number of phosphoric ester groups is 2. The molecule has 0 bridgehead atoms. The molecule has 1 fully saturated rings. The Bertz CT molecular complexity index is 1620. The monoisotopic (exact) mass is 976 g/mol. The summed E-state index contributed by atoms with van der Waals surface area (Å²) in [6.07, 6.45) is 27.3. The Balaban J connectivity index is 2.69. The fourth-order valence-corrected chi connectivity index (χ4v) is 7.91. The van der Waals surface area contributed by atoms with Crippen molar-refractivity contribution < 1.29 is 82.0 Å². The van der Waals surface area contributed by atoms with E-state index in [-0.39, 0.29) is 12.8 Å². The number of carbonyl (C=O) groups excluding carboxylic acids is 2. The van der Waals surface area contributed by atoms with Gasteiger partial charge in [-0.2, -0.15) is 0 Å². The molecule has 378 valence electrons. The van der Waals surface area contributed by atoms with Crippen LogP contribution in [0.3, 0.4) is 0 Å². The van der Waals surface area contributed by atoms with Crippen molar-refractivity contribution in [1.82, 2.24) is 0 Å². The minimum absolute atomic E-state index is 0.0118. The molecule has 0 aromatic heterocycles. The molecular weight excluding hydrogens is 898 g/mol. The molecule has 0 heterocycles. The Morgan fingerprint density at radius 2 is 1.06 bits per heavy atom. The van der Waals surface area contributed by atoms with Crippen molar-refractivity contribution in [3.8, 4) is 0 Å². The summed E-state index contributed by atoms with van der Waals surface area (Å²) < 4.78 is 49.2. The maximum absolute atomic E-state index is 13.0. The van der Waals surface area contributed by atoms with Crippen LogP contribution in [0.5, 0.6) is 0 Å². The molecule has 0 radical (unpaired) electrons. The molecule has 0 aromatic rings. The number of allylic oxidation sites excluding steroid dienone is 13. The van der Waals surface area contributed by atoms with E-state index in [9.17, 15) is 49.1 Å². The minimum atomic E-state index is -5.38. The Hall–Kier alpha value is -2.86. The third kappa shape index (κ3) is 31.2. The largest absolute Gasteiger partial charge is 0.472 e. The minimum Gasteiger partial charge on any atom is -0.462 e. The van der Waals surface area contributed by atoms with Crippen LogP contribution in [0.2, 0.25) is 0 Å². The molecule has 0 aromatic carbocycles. The first-order valence-corrected chi connectivity index (χ1v) is 26.3. The number of ether oxygens (including phenoxy) is 2. The van der Waals surface area contributed by atoms with E-state index >= 15 is 0 Å². The highest BCUT2D eigenvalue weighted by Crippen LogP contribution is 2.49. The van der Waals surface area contributed by atoms with Gasteiger partial charge in [-0.15, -0.1) is 0 Å². The van der Waals surface area contributed by atoms with Crippen LogP contribution in [-0.4, -0.2) is 114 Å². The van der Waals surface area contributed by atoms with Crippen LogP contribution in [0, 0.1) is 0 Å². The van der Waals surface area contributed by atoms with Crippen LogP contribution in [0.4, 0.5) is 0 Å². The Labute approximate surface area is 391 Å². The number of hydrogen-bond acceptors (Lipinski definition) is 14. The van der Waals surface area contributed by atoms with Crippen LogP contribution < -0.4 is 0 Å². The average Bonchev–Trinajstić information content (AvgIpc) is 3.26. The standard InChI is InChI=1S/C47H78O17P2/c1-3-5-7-8-9-10-11-12-13-14-17-21-24-27-31-35-41(50)62-39(37-61-66(58,59)64-47-44(53)42(51)43(52)46(45(47)54)63-65(55,56)57)36-60-40(49)34-30-26-23-20-18-15-16-19-22-25-29-33-38(48)32-28-6-4-2/h9-10,12-13,15-17,20-23,25,29,33,38-39,42-48,51-54H,3-8,11,14,18-19,24,26-28,30-32,34-37H2,1-2H3,(H,58,59)(H2,55,56,57)/b10-9-,13-12-,16-15-,21-17-,23-20-,25-22-,33-29+/t38-,39-,42?,43?,44?,45?,46-,47+/m1/s1. The molecule has 66 heavy (non-hydrogen) atoms. The van der Waals surface area contributed by atoms with Crippen molar-refractivity contribution in [1.29, 1.82) is 0 Å². The quantitative estimate of drug-likeness (QED) is 0.00979. The van der Waals surface area contributed by atoms with E-state index in [1.54, 1.807) is 6.08 Å². The maximum Gasteiger partial charge on any atom is 0.472 e. The molecule has 17 nitrogen and oxygen atoms in total. The van der Waals surface area contributed by atoms with Gasteiger partial charge in [0, 0.05) is 12.8 Å². The number of hydrogen-bond donors (Lipinski definition) is 8. The summed E-state index contributed by atoms with van der Waals surface area (Å²) in [6, 6.07) is 0. The first-order chi connectivity index (χ1) is 31.5. The van der Waals surface area contributed by atoms with Gasteiger partial charge in [-0.05, 0) is 77.0 Å². The zero-order valence-electron chi connectivity index (χ0n) is 38.7.